The summed E-state index contributed by atoms with van der Waals surface area (Å²) in [5.74, 6) is -0.414. The van der Waals surface area contributed by atoms with Crippen molar-refractivity contribution in [2.45, 2.75) is 37.9 Å². The highest BCUT2D eigenvalue weighted by Crippen LogP contribution is 2.52. The molecule has 0 fully saturated rings. The molecule has 0 aliphatic carbocycles. The van der Waals surface area contributed by atoms with Gasteiger partial charge < -0.3 is 10.2 Å². The number of rotatable bonds is 7. The zero-order chi connectivity index (χ0) is 25.3. The minimum atomic E-state index is -3.59. The summed E-state index contributed by atoms with van der Waals surface area (Å²) in [7, 11) is -3.59. The normalized spacial score (nSPS) is 15.0. The Morgan fingerprint density at radius 1 is 1.15 bits per heavy atom. The molecule has 0 spiro atoms. The molecule has 0 saturated carbocycles. The third kappa shape index (κ3) is 3.91. The van der Waals surface area contributed by atoms with Crippen LogP contribution < -0.4 is 0 Å². The number of terminal acetylenes is 1. The summed E-state index contributed by atoms with van der Waals surface area (Å²) in [5, 5.41) is 18.8. The largest absolute Gasteiger partial charge is 0.541 e. The fourth-order valence-corrected chi connectivity index (χ4v) is 5.03. The second-order valence-corrected chi connectivity index (χ2v) is 9.23. The number of nitrogens with zero attached hydrogens (tertiary/aromatic N) is 1. The quantitative estimate of drug-likeness (QED) is 0.331. The Morgan fingerprint density at radius 2 is 1.74 bits per heavy atom. The number of carboxylic acid groups (broad SMARTS) is 1. The van der Waals surface area contributed by atoms with Crippen molar-refractivity contribution in [1.82, 2.24) is 4.98 Å². The summed E-state index contributed by atoms with van der Waals surface area (Å²) in [4.78, 5) is 27.0. The summed E-state index contributed by atoms with van der Waals surface area (Å²) < 4.78 is 26.1. The van der Waals surface area contributed by atoms with Crippen molar-refractivity contribution in [2.24, 2.45) is 0 Å². The highest BCUT2D eigenvalue weighted by atomic mass is 31.1. The van der Waals surface area contributed by atoms with Crippen LogP contribution in [0.5, 0.6) is 0 Å². The molecule has 0 aliphatic heterocycles. The lowest BCUT2D eigenvalue weighted by Gasteiger charge is -2.34. The molecular weight excluding hydrogens is 456 g/mol. The second-order valence-electron chi connectivity index (χ2n) is 8.01. The maximum Gasteiger partial charge on any atom is 0.541 e. The molecule has 3 atom stereocenters. The molecule has 0 aliphatic rings. The van der Waals surface area contributed by atoms with Crippen LogP contribution in [-0.4, -0.2) is 31.2 Å². The number of carbonyl (C=O) groups is 1. The van der Waals surface area contributed by atoms with Crippen LogP contribution in [0.3, 0.4) is 0 Å². The molecule has 8 heteroatoms. The van der Waals surface area contributed by atoms with Crippen LogP contribution >= 0.6 is 8.03 Å². The van der Waals surface area contributed by atoms with Crippen LogP contribution in [-0.2, 0) is 21.4 Å². The van der Waals surface area contributed by atoms with E-state index >= 15 is 0 Å². The van der Waals surface area contributed by atoms with Crippen LogP contribution in [0, 0.1) is 25.1 Å². The van der Waals surface area contributed by atoms with E-state index in [0.29, 0.717) is 28.1 Å². The Morgan fingerprint density at radius 3 is 2.21 bits per heavy atom. The Kier molecular flexibility index (Phi) is 6.99. The molecule has 6 nitrogen and oxygen atoms in total. The second kappa shape index (κ2) is 9.44. The third-order valence-corrected chi connectivity index (χ3v) is 7.36. The number of aliphatic carboxylic acids is 1. The molecule has 0 radical (unpaired) electrons. The standard InChI is InChI=1S/C26H23FNO5P/c1-5-20-22(25(4,31)26(6-2,24(29)30)34(32)33)21(17-12-14-19(27)15-13-17)16(3)23(28-20)18-10-8-7-9-11-18/h2,7-15,31H,5H2,1,3-4H3,(H-,29,30,32,33)/p+1. The Hall–Kier alpha value is -3.43. The van der Waals surface area contributed by atoms with E-state index in [4.69, 9.17) is 11.4 Å². The van der Waals surface area contributed by atoms with Gasteiger partial charge in [-0.05, 0) is 59.6 Å². The fourth-order valence-electron chi connectivity index (χ4n) is 4.27. The average Bonchev–Trinajstić information content (AvgIpc) is 2.80. The van der Waals surface area contributed by atoms with Gasteiger partial charge in [0, 0.05) is 16.8 Å². The lowest BCUT2D eigenvalue weighted by molar-refractivity contribution is -0.145. The summed E-state index contributed by atoms with van der Waals surface area (Å²) in [6, 6.07) is 14.7. The van der Waals surface area contributed by atoms with Crippen molar-refractivity contribution in [2.75, 3.05) is 0 Å². The van der Waals surface area contributed by atoms with E-state index in [2.05, 4.69) is 0 Å². The van der Waals surface area contributed by atoms with Crippen molar-refractivity contribution in [3.8, 4) is 34.7 Å². The predicted octanol–water partition coefficient (Wildman–Crippen LogP) is 4.82. The van der Waals surface area contributed by atoms with E-state index in [9.17, 15) is 28.9 Å². The Balaban J connectivity index is 2.54. The molecule has 3 aromatic rings. The van der Waals surface area contributed by atoms with Gasteiger partial charge in [-0.15, -0.1) is 6.42 Å². The minimum absolute atomic E-state index is 0.0107. The summed E-state index contributed by atoms with van der Waals surface area (Å²) in [5.41, 5.74) is 0.544. The molecule has 2 aromatic carbocycles. The topological polar surface area (TPSA) is 108 Å². The predicted molar refractivity (Wildman–Crippen MR) is 128 cm³/mol. The smallest absolute Gasteiger partial charge is 0.477 e. The highest BCUT2D eigenvalue weighted by Gasteiger charge is 2.70. The molecule has 3 unspecified atom stereocenters. The number of halogens is 1. The van der Waals surface area contributed by atoms with Gasteiger partial charge in [-0.2, -0.15) is 4.89 Å². The van der Waals surface area contributed by atoms with Crippen LogP contribution in [0.4, 0.5) is 4.39 Å². The summed E-state index contributed by atoms with van der Waals surface area (Å²) >= 11 is 0. The first-order chi connectivity index (χ1) is 16.0. The number of hydrogen-bond donors (Lipinski definition) is 3. The lowest BCUT2D eigenvalue weighted by Crippen LogP contribution is -2.53. The SMILES string of the molecule is C#CC(C(=O)O)([P+](=O)O)C(C)(O)c1c(CC)nc(-c2ccccc2)c(C)c1-c1ccc(F)cc1. The highest BCUT2D eigenvalue weighted by molar-refractivity contribution is 7.42. The van der Waals surface area contributed by atoms with E-state index < -0.39 is 30.6 Å². The number of pyridine rings is 1. The van der Waals surface area contributed by atoms with Crippen molar-refractivity contribution in [1.29, 1.82) is 0 Å². The van der Waals surface area contributed by atoms with Crippen molar-refractivity contribution in [3.05, 3.63) is 77.2 Å². The van der Waals surface area contributed by atoms with Crippen LogP contribution in [0.15, 0.2) is 54.6 Å². The van der Waals surface area contributed by atoms with Gasteiger partial charge in [-0.3, -0.25) is 4.98 Å². The molecule has 0 amide bonds. The molecule has 0 bridgehead atoms. The molecule has 174 valence electrons. The molecular formula is C26H24FNO5P+. The van der Waals surface area contributed by atoms with Gasteiger partial charge in [0.05, 0.1) is 5.69 Å². The number of benzene rings is 2. The van der Waals surface area contributed by atoms with Gasteiger partial charge in [0.25, 0.3) is 0 Å². The van der Waals surface area contributed by atoms with E-state index in [1.807, 2.05) is 36.3 Å². The molecule has 3 rings (SSSR count). The Bertz CT molecular complexity index is 1280. The summed E-state index contributed by atoms with van der Waals surface area (Å²) in [6.07, 6.45) is 5.74. The average molecular weight is 480 g/mol. The lowest BCUT2D eigenvalue weighted by atomic mass is 9.76. The number of hydrogen-bond acceptors (Lipinski definition) is 4. The maximum absolute atomic E-state index is 13.7. The molecule has 1 heterocycles. The molecule has 0 saturated heterocycles. The van der Waals surface area contributed by atoms with Gasteiger partial charge in [0.2, 0.25) is 0 Å². The van der Waals surface area contributed by atoms with Crippen LogP contribution in [0.2, 0.25) is 0 Å². The van der Waals surface area contributed by atoms with Crippen molar-refractivity contribution < 1.29 is 28.9 Å². The minimum Gasteiger partial charge on any atom is -0.477 e. The van der Waals surface area contributed by atoms with Crippen molar-refractivity contribution in [3.63, 3.8) is 0 Å². The van der Waals surface area contributed by atoms with E-state index in [-0.39, 0.29) is 12.0 Å². The first-order valence-electron chi connectivity index (χ1n) is 10.5. The molecule has 3 N–H and O–H groups in total. The zero-order valence-corrected chi connectivity index (χ0v) is 19.8. The summed E-state index contributed by atoms with van der Waals surface area (Å²) in [6.45, 7) is 4.61. The number of aromatic nitrogens is 1. The number of aliphatic hydroxyl groups is 1. The Labute approximate surface area is 198 Å². The van der Waals surface area contributed by atoms with Gasteiger partial charge in [0.1, 0.15) is 5.82 Å². The zero-order valence-electron chi connectivity index (χ0n) is 18.9. The van der Waals surface area contributed by atoms with Gasteiger partial charge >= 0.3 is 19.2 Å². The first-order valence-corrected chi connectivity index (χ1v) is 11.7. The number of carboxylic acids is 1. The van der Waals surface area contributed by atoms with Gasteiger partial charge in [-0.25, -0.2) is 9.18 Å². The van der Waals surface area contributed by atoms with E-state index in [1.165, 1.54) is 24.3 Å². The third-order valence-electron chi connectivity index (χ3n) is 6.03. The molecule has 34 heavy (non-hydrogen) atoms. The first kappa shape index (κ1) is 25.2. The van der Waals surface area contributed by atoms with E-state index in [1.54, 1.807) is 13.8 Å². The van der Waals surface area contributed by atoms with E-state index in [0.717, 1.165) is 12.5 Å². The van der Waals surface area contributed by atoms with Crippen molar-refractivity contribution >= 4 is 14.0 Å². The monoisotopic (exact) mass is 480 g/mol. The maximum atomic E-state index is 13.7. The number of aryl methyl sites for hydroxylation is 1. The fraction of sp³-hybridized carbons (Fsp3) is 0.231. The van der Waals surface area contributed by atoms with Gasteiger partial charge in [-0.1, -0.05) is 49.4 Å². The van der Waals surface area contributed by atoms with Crippen LogP contribution in [0.25, 0.3) is 22.4 Å². The van der Waals surface area contributed by atoms with Gasteiger partial charge in [0.15, 0.2) is 5.60 Å². The van der Waals surface area contributed by atoms with Crippen LogP contribution in [0.1, 0.15) is 30.7 Å². The molecule has 1 aromatic heterocycles.